The molecule has 1 aliphatic heterocycles. The van der Waals surface area contributed by atoms with Crippen LogP contribution in [0.5, 0.6) is 0 Å². The van der Waals surface area contributed by atoms with Crippen molar-refractivity contribution in [1.82, 2.24) is 9.88 Å². The Balaban J connectivity index is 2.20. The molecule has 1 saturated heterocycles. The first kappa shape index (κ1) is 12.4. The number of anilines is 1. The van der Waals surface area contributed by atoms with Crippen LogP contribution in [0.15, 0.2) is 12.1 Å². The highest BCUT2D eigenvalue weighted by Gasteiger charge is 2.27. The lowest BCUT2D eigenvalue weighted by molar-refractivity contribution is 0.228. The molecule has 0 aromatic carbocycles. The second kappa shape index (κ2) is 5.05. The van der Waals surface area contributed by atoms with Crippen LogP contribution in [-0.4, -0.2) is 23.0 Å². The van der Waals surface area contributed by atoms with Crippen LogP contribution < -0.4 is 5.73 Å². The predicted octanol–water partition coefficient (Wildman–Crippen LogP) is 2.77. The monoisotopic (exact) mass is 233 g/mol. The number of nitrogens with zero attached hydrogens (tertiary/aromatic N) is 2. The number of nitrogen functional groups attached to an aromatic ring is 1. The topological polar surface area (TPSA) is 42.1 Å². The molecular formula is C14H23N3. The number of likely N-dealkylation sites (tertiary alicyclic amines) is 1. The van der Waals surface area contributed by atoms with Gasteiger partial charge in [-0.3, -0.25) is 4.90 Å². The van der Waals surface area contributed by atoms with Crippen LogP contribution in [0.2, 0.25) is 0 Å². The summed E-state index contributed by atoms with van der Waals surface area (Å²) in [5, 5.41) is 0. The van der Waals surface area contributed by atoms with Gasteiger partial charge in [-0.25, -0.2) is 4.98 Å². The zero-order valence-electron chi connectivity index (χ0n) is 11.1. The highest BCUT2D eigenvalue weighted by molar-refractivity contribution is 5.35. The van der Waals surface area contributed by atoms with Gasteiger partial charge in [0.15, 0.2) is 0 Å². The molecule has 2 N–H and O–H groups in total. The van der Waals surface area contributed by atoms with Crippen LogP contribution in [0.4, 0.5) is 5.82 Å². The largest absolute Gasteiger partial charge is 0.384 e. The predicted molar refractivity (Wildman–Crippen MR) is 71.8 cm³/mol. The fourth-order valence-corrected chi connectivity index (χ4v) is 2.81. The van der Waals surface area contributed by atoms with E-state index in [0.717, 1.165) is 11.6 Å². The molecule has 0 spiro atoms. The van der Waals surface area contributed by atoms with E-state index in [9.17, 15) is 0 Å². The first-order valence-electron chi connectivity index (χ1n) is 6.55. The number of hydrogen-bond acceptors (Lipinski definition) is 3. The number of aromatic nitrogens is 1. The van der Waals surface area contributed by atoms with Crippen molar-refractivity contribution in [3.63, 3.8) is 0 Å². The van der Waals surface area contributed by atoms with E-state index < -0.39 is 0 Å². The minimum absolute atomic E-state index is 0.547. The minimum Gasteiger partial charge on any atom is -0.384 e. The van der Waals surface area contributed by atoms with Gasteiger partial charge in [0.1, 0.15) is 5.82 Å². The van der Waals surface area contributed by atoms with Crippen molar-refractivity contribution in [2.24, 2.45) is 5.92 Å². The third kappa shape index (κ3) is 2.78. The van der Waals surface area contributed by atoms with Gasteiger partial charge in [0, 0.05) is 18.3 Å². The zero-order valence-corrected chi connectivity index (χ0v) is 11.1. The van der Waals surface area contributed by atoms with Gasteiger partial charge in [-0.15, -0.1) is 0 Å². The molecule has 2 rings (SSSR count). The molecule has 1 aromatic rings. The molecule has 3 nitrogen and oxygen atoms in total. The van der Waals surface area contributed by atoms with Crippen LogP contribution in [0.1, 0.15) is 44.0 Å². The zero-order chi connectivity index (χ0) is 12.4. The summed E-state index contributed by atoms with van der Waals surface area (Å²) in [6.07, 6.45) is 2.54. The third-order valence-electron chi connectivity index (χ3n) is 3.47. The van der Waals surface area contributed by atoms with Gasteiger partial charge in [-0.05, 0) is 43.9 Å². The van der Waals surface area contributed by atoms with E-state index >= 15 is 0 Å². The molecule has 3 heteroatoms. The Kier molecular flexibility index (Phi) is 3.67. The van der Waals surface area contributed by atoms with Gasteiger partial charge < -0.3 is 5.73 Å². The van der Waals surface area contributed by atoms with E-state index in [1.807, 2.05) is 6.07 Å². The molecule has 0 radical (unpaired) electrons. The molecule has 0 aliphatic carbocycles. The minimum atomic E-state index is 0.547. The van der Waals surface area contributed by atoms with Gasteiger partial charge in [0.2, 0.25) is 0 Å². The Morgan fingerprint density at radius 2 is 2.24 bits per heavy atom. The molecule has 2 heterocycles. The summed E-state index contributed by atoms with van der Waals surface area (Å²) in [4.78, 5) is 6.97. The van der Waals surface area contributed by atoms with E-state index in [-0.39, 0.29) is 0 Å². The Bertz CT molecular complexity index is 387. The van der Waals surface area contributed by atoms with Crippen molar-refractivity contribution in [2.75, 3.05) is 18.8 Å². The number of hydrogen-bond donors (Lipinski definition) is 1. The Hall–Kier alpha value is -1.09. The smallest absolute Gasteiger partial charge is 0.123 e. The molecule has 1 fully saturated rings. The van der Waals surface area contributed by atoms with Crippen molar-refractivity contribution in [1.29, 1.82) is 0 Å². The summed E-state index contributed by atoms with van der Waals surface area (Å²) in [6.45, 7) is 9.02. The summed E-state index contributed by atoms with van der Waals surface area (Å²) in [7, 11) is 0. The first-order chi connectivity index (χ1) is 8.08. The molecule has 0 amide bonds. The fraction of sp³-hybridized carbons (Fsp3) is 0.643. The molecular weight excluding hydrogens is 210 g/mol. The maximum atomic E-state index is 5.72. The van der Waals surface area contributed by atoms with Gasteiger partial charge in [-0.2, -0.15) is 0 Å². The third-order valence-corrected chi connectivity index (χ3v) is 3.47. The van der Waals surface area contributed by atoms with E-state index in [2.05, 4.69) is 36.7 Å². The van der Waals surface area contributed by atoms with Crippen molar-refractivity contribution >= 4 is 5.82 Å². The van der Waals surface area contributed by atoms with Crippen LogP contribution in [0.25, 0.3) is 0 Å². The summed E-state index contributed by atoms with van der Waals surface area (Å²) in [5.74, 6) is 1.34. The number of pyridine rings is 1. The SMILES string of the molecule is Cc1nc(N)ccc1C1CCCN1CC(C)C. The summed E-state index contributed by atoms with van der Waals surface area (Å²) < 4.78 is 0. The molecule has 1 aliphatic rings. The molecule has 1 unspecified atom stereocenters. The Morgan fingerprint density at radius 1 is 1.47 bits per heavy atom. The molecule has 17 heavy (non-hydrogen) atoms. The van der Waals surface area contributed by atoms with Crippen molar-refractivity contribution in [3.05, 3.63) is 23.4 Å². The molecule has 94 valence electrons. The maximum absolute atomic E-state index is 5.72. The normalized spacial score (nSPS) is 21.3. The van der Waals surface area contributed by atoms with Crippen LogP contribution in [0.3, 0.4) is 0 Å². The second-order valence-corrected chi connectivity index (χ2v) is 5.46. The van der Waals surface area contributed by atoms with Crippen molar-refractivity contribution in [3.8, 4) is 0 Å². The average Bonchev–Trinajstić information content (AvgIpc) is 2.65. The van der Waals surface area contributed by atoms with Gasteiger partial charge >= 0.3 is 0 Å². The van der Waals surface area contributed by atoms with Gasteiger partial charge in [-0.1, -0.05) is 19.9 Å². The van der Waals surface area contributed by atoms with E-state index in [1.54, 1.807) is 0 Å². The quantitative estimate of drug-likeness (QED) is 0.873. The lowest BCUT2D eigenvalue weighted by Gasteiger charge is -2.27. The van der Waals surface area contributed by atoms with E-state index in [0.29, 0.717) is 11.9 Å². The fourth-order valence-electron chi connectivity index (χ4n) is 2.81. The second-order valence-electron chi connectivity index (χ2n) is 5.46. The van der Waals surface area contributed by atoms with Gasteiger partial charge in [0.05, 0.1) is 0 Å². The number of rotatable bonds is 3. The maximum Gasteiger partial charge on any atom is 0.123 e. The van der Waals surface area contributed by atoms with E-state index in [1.165, 1.54) is 31.5 Å². The highest BCUT2D eigenvalue weighted by Crippen LogP contribution is 2.33. The highest BCUT2D eigenvalue weighted by atomic mass is 15.2. The average molecular weight is 233 g/mol. The summed E-state index contributed by atoms with van der Waals surface area (Å²) in [6, 6.07) is 4.63. The van der Waals surface area contributed by atoms with E-state index in [4.69, 9.17) is 5.73 Å². The van der Waals surface area contributed by atoms with Crippen LogP contribution in [0, 0.1) is 12.8 Å². The van der Waals surface area contributed by atoms with Crippen molar-refractivity contribution in [2.45, 2.75) is 39.7 Å². The van der Waals surface area contributed by atoms with Crippen molar-refractivity contribution < 1.29 is 0 Å². The molecule has 0 bridgehead atoms. The van der Waals surface area contributed by atoms with Crippen LogP contribution in [-0.2, 0) is 0 Å². The summed E-state index contributed by atoms with van der Waals surface area (Å²) >= 11 is 0. The van der Waals surface area contributed by atoms with Gasteiger partial charge in [0.25, 0.3) is 0 Å². The first-order valence-corrected chi connectivity index (χ1v) is 6.55. The summed E-state index contributed by atoms with van der Waals surface area (Å²) in [5.41, 5.74) is 8.16. The number of aryl methyl sites for hydroxylation is 1. The Labute approximate surface area is 104 Å². The van der Waals surface area contributed by atoms with Crippen LogP contribution >= 0.6 is 0 Å². The lowest BCUT2D eigenvalue weighted by atomic mass is 10.0. The number of nitrogens with two attached hydrogens (primary N) is 1. The molecule has 1 aromatic heterocycles. The molecule has 0 saturated carbocycles. The standard InChI is InChI=1S/C14H23N3/c1-10(2)9-17-8-4-5-13(17)12-6-7-14(15)16-11(12)3/h6-7,10,13H,4-5,8-9H2,1-3H3,(H2,15,16). The Morgan fingerprint density at radius 3 is 2.88 bits per heavy atom. The molecule has 1 atom stereocenters. The lowest BCUT2D eigenvalue weighted by Crippen LogP contribution is -2.28.